The number of unbranched alkanes of at least 4 members (excludes halogenated alkanes) is 21. The maximum absolute atomic E-state index is 12.8. The Labute approximate surface area is 281 Å². The van der Waals surface area contributed by atoms with Gasteiger partial charge >= 0.3 is 0 Å². The smallest absolute Gasteiger partial charge is 0.220 e. The Kier molecular flexibility index (Phi) is 27.4. The predicted octanol–water partition coefficient (Wildman–Crippen LogP) is 6.44. The van der Waals surface area contributed by atoms with Crippen LogP contribution < -0.4 is 5.32 Å². The van der Waals surface area contributed by atoms with Crippen molar-refractivity contribution in [2.45, 2.75) is 217 Å². The van der Waals surface area contributed by atoms with Gasteiger partial charge in [-0.05, 0) is 12.8 Å². The van der Waals surface area contributed by atoms with Crippen LogP contribution in [0.4, 0.5) is 0 Å². The van der Waals surface area contributed by atoms with E-state index >= 15 is 0 Å². The fourth-order valence-corrected chi connectivity index (χ4v) is 6.28. The van der Waals surface area contributed by atoms with Gasteiger partial charge < -0.3 is 40.3 Å². The maximum atomic E-state index is 12.8. The van der Waals surface area contributed by atoms with Gasteiger partial charge in [0, 0.05) is 6.42 Å². The molecule has 0 spiro atoms. The molecule has 9 nitrogen and oxygen atoms in total. The van der Waals surface area contributed by atoms with Crippen LogP contribution in [0.5, 0.6) is 0 Å². The predicted molar refractivity (Wildman–Crippen MR) is 184 cm³/mol. The molecule has 0 aromatic rings. The lowest BCUT2D eigenvalue weighted by molar-refractivity contribution is -0.302. The Balaban J connectivity index is 2.42. The first-order valence-electron chi connectivity index (χ1n) is 19.2. The summed E-state index contributed by atoms with van der Waals surface area (Å²) in [6.45, 7) is 3.80. The lowest BCUT2D eigenvalue weighted by atomic mass is 9.99. The number of amides is 1. The van der Waals surface area contributed by atoms with Crippen molar-refractivity contribution in [2.24, 2.45) is 0 Å². The molecule has 1 aliphatic heterocycles. The fraction of sp³-hybridized carbons (Fsp3) is 0.973. The van der Waals surface area contributed by atoms with Crippen LogP contribution in [-0.2, 0) is 14.3 Å². The van der Waals surface area contributed by atoms with E-state index in [0.717, 1.165) is 38.5 Å². The molecule has 1 aliphatic rings. The standard InChI is InChI=1S/C37H73NO8/c1-3-5-7-9-11-13-15-16-17-18-20-22-24-26-31(40)30(29-45-37-36(44)35(43)34(42)32(28-39)46-37)38-33(41)27-25-23-21-19-14-12-10-8-6-4-2/h30-32,34-37,39-40,42-44H,3-29H2,1-2H3,(H,38,41)/t30-,31+,32+,34-,35?,36?,37+/m0/s1. The van der Waals surface area contributed by atoms with Crippen molar-refractivity contribution in [3.8, 4) is 0 Å². The zero-order chi connectivity index (χ0) is 33.8. The molecule has 6 N–H and O–H groups in total. The maximum Gasteiger partial charge on any atom is 0.220 e. The summed E-state index contributed by atoms with van der Waals surface area (Å²) in [4.78, 5) is 12.8. The molecule has 1 fully saturated rings. The van der Waals surface area contributed by atoms with Gasteiger partial charge in [-0.3, -0.25) is 4.79 Å². The second-order valence-corrected chi connectivity index (χ2v) is 13.7. The number of carbonyl (C=O) groups is 1. The first-order valence-corrected chi connectivity index (χ1v) is 19.2. The van der Waals surface area contributed by atoms with E-state index in [9.17, 15) is 30.3 Å². The summed E-state index contributed by atoms with van der Waals surface area (Å²) in [6, 6.07) is -0.708. The van der Waals surface area contributed by atoms with E-state index in [2.05, 4.69) is 19.2 Å². The Morgan fingerprint density at radius 2 is 1.09 bits per heavy atom. The summed E-state index contributed by atoms with van der Waals surface area (Å²) in [5.74, 6) is -0.147. The van der Waals surface area contributed by atoms with Gasteiger partial charge in [0.05, 0.1) is 25.4 Å². The molecular formula is C37H73NO8. The van der Waals surface area contributed by atoms with Crippen molar-refractivity contribution < 1.29 is 39.8 Å². The molecule has 7 atom stereocenters. The zero-order valence-electron chi connectivity index (χ0n) is 29.6. The van der Waals surface area contributed by atoms with Gasteiger partial charge in [-0.2, -0.15) is 0 Å². The van der Waals surface area contributed by atoms with E-state index in [4.69, 9.17) is 9.47 Å². The molecule has 0 aromatic heterocycles. The van der Waals surface area contributed by atoms with Gasteiger partial charge in [-0.25, -0.2) is 0 Å². The Morgan fingerprint density at radius 1 is 0.652 bits per heavy atom. The van der Waals surface area contributed by atoms with Crippen LogP contribution in [0.1, 0.15) is 174 Å². The van der Waals surface area contributed by atoms with Crippen LogP contribution in [0.15, 0.2) is 0 Å². The number of aliphatic hydroxyl groups excluding tert-OH is 5. The normalized spacial score (nSPS) is 23.0. The average molecular weight is 660 g/mol. The number of hydrogen-bond donors (Lipinski definition) is 6. The zero-order valence-corrected chi connectivity index (χ0v) is 29.6. The highest BCUT2D eigenvalue weighted by Gasteiger charge is 2.44. The SMILES string of the molecule is CCCCCCCCCCCCCCC[C@@H](O)[C@H](CO[C@@H]1O[C@H](CO)[C@H](O)C(O)C1O)NC(=O)CCCCCCCCCCCC. The van der Waals surface area contributed by atoms with Gasteiger partial charge in [0.2, 0.25) is 5.91 Å². The highest BCUT2D eigenvalue weighted by atomic mass is 16.7. The third-order valence-corrected chi connectivity index (χ3v) is 9.46. The molecule has 274 valence electrons. The second kappa shape index (κ2) is 29.1. The lowest BCUT2D eigenvalue weighted by Crippen LogP contribution is -2.60. The number of rotatable bonds is 31. The summed E-state index contributed by atoms with van der Waals surface area (Å²) in [7, 11) is 0. The molecular weight excluding hydrogens is 586 g/mol. The van der Waals surface area contributed by atoms with Crippen LogP contribution in [0.2, 0.25) is 0 Å². The quantitative estimate of drug-likeness (QED) is 0.0466. The molecule has 0 aliphatic carbocycles. The van der Waals surface area contributed by atoms with Crippen molar-refractivity contribution in [3.63, 3.8) is 0 Å². The van der Waals surface area contributed by atoms with Gasteiger partial charge in [-0.15, -0.1) is 0 Å². The molecule has 0 saturated carbocycles. The Morgan fingerprint density at radius 3 is 1.54 bits per heavy atom. The van der Waals surface area contributed by atoms with Crippen molar-refractivity contribution in [2.75, 3.05) is 13.2 Å². The molecule has 0 aromatic carbocycles. The van der Waals surface area contributed by atoms with Gasteiger partial charge in [-0.1, -0.05) is 155 Å². The first kappa shape index (κ1) is 43.2. The molecule has 0 radical (unpaired) electrons. The summed E-state index contributed by atoms with van der Waals surface area (Å²) in [5, 5.41) is 54.0. The summed E-state index contributed by atoms with van der Waals surface area (Å²) in [5.41, 5.74) is 0. The monoisotopic (exact) mass is 660 g/mol. The van der Waals surface area contributed by atoms with Crippen LogP contribution in [0.3, 0.4) is 0 Å². The van der Waals surface area contributed by atoms with E-state index in [1.54, 1.807) is 0 Å². The molecule has 2 unspecified atom stereocenters. The number of ether oxygens (including phenoxy) is 2. The van der Waals surface area contributed by atoms with Crippen LogP contribution in [-0.4, -0.2) is 87.5 Å². The molecule has 1 heterocycles. The van der Waals surface area contributed by atoms with E-state index in [1.807, 2.05) is 0 Å². The molecule has 1 saturated heterocycles. The first-order chi connectivity index (χ1) is 22.3. The van der Waals surface area contributed by atoms with Crippen LogP contribution in [0, 0.1) is 0 Å². The Hall–Kier alpha value is -0.810. The number of hydrogen-bond acceptors (Lipinski definition) is 8. The second-order valence-electron chi connectivity index (χ2n) is 13.7. The summed E-state index contributed by atoms with van der Waals surface area (Å²) < 4.78 is 11.2. The van der Waals surface area contributed by atoms with E-state index in [1.165, 1.54) is 109 Å². The third kappa shape index (κ3) is 20.5. The highest BCUT2D eigenvalue weighted by Crippen LogP contribution is 2.23. The van der Waals surface area contributed by atoms with Gasteiger partial charge in [0.25, 0.3) is 0 Å². The van der Waals surface area contributed by atoms with E-state index < -0.39 is 49.5 Å². The van der Waals surface area contributed by atoms with Crippen LogP contribution in [0.25, 0.3) is 0 Å². The van der Waals surface area contributed by atoms with Crippen LogP contribution >= 0.6 is 0 Å². The average Bonchev–Trinajstić information content (AvgIpc) is 3.05. The molecule has 1 rings (SSSR count). The fourth-order valence-electron chi connectivity index (χ4n) is 6.28. The minimum atomic E-state index is -1.55. The third-order valence-electron chi connectivity index (χ3n) is 9.46. The molecule has 1 amide bonds. The van der Waals surface area contributed by atoms with Crippen molar-refractivity contribution in [1.29, 1.82) is 0 Å². The van der Waals surface area contributed by atoms with Crippen molar-refractivity contribution in [3.05, 3.63) is 0 Å². The minimum Gasteiger partial charge on any atom is -0.394 e. The number of nitrogens with one attached hydrogen (secondary N) is 1. The summed E-state index contributed by atoms with van der Waals surface area (Å²) >= 11 is 0. The molecule has 0 bridgehead atoms. The largest absolute Gasteiger partial charge is 0.394 e. The summed E-state index contributed by atoms with van der Waals surface area (Å²) in [6.07, 6.45) is 21.1. The minimum absolute atomic E-state index is 0.133. The van der Waals surface area contributed by atoms with Gasteiger partial charge in [0.15, 0.2) is 6.29 Å². The lowest BCUT2D eigenvalue weighted by Gasteiger charge is -2.40. The molecule has 46 heavy (non-hydrogen) atoms. The Bertz CT molecular complexity index is 696. The highest BCUT2D eigenvalue weighted by molar-refractivity contribution is 5.76. The molecule has 9 heteroatoms. The topological polar surface area (TPSA) is 149 Å². The number of aliphatic hydroxyl groups is 5. The van der Waals surface area contributed by atoms with Crippen molar-refractivity contribution >= 4 is 5.91 Å². The van der Waals surface area contributed by atoms with E-state index in [0.29, 0.717) is 12.8 Å². The van der Waals surface area contributed by atoms with Crippen molar-refractivity contribution in [1.82, 2.24) is 5.32 Å². The number of carbonyl (C=O) groups excluding carboxylic acids is 1. The van der Waals surface area contributed by atoms with E-state index in [-0.39, 0.29) is 12.5 Å². The van der Waals surface area contributed by atoms with Gasteiger partial charge in [0.1, 0.15) is 24.4 Å².